The third kappa shape index (κ3) is 5.46. The van der Waals surface area contributed by atoms with Crippen LogP contribution in [0.5, 0.6) is 5.75 Å². The number of likely N-dealkylation sites (tertiary alicyclic amines) is 1. The minimum Gasteiger partial charge on any atom is -0.492 e. The van der Waals surface area contributed by atoms with Crippen LogP contribution in [-0.4, -0.2) is 60.9 Å². The standard InChI is InChI=1S/C19H29N3O3/c1-14-6-4-8-17(12-14)25-11-10-21(3)15(2)19(24)22-9-5-7-16(13-22)18(20)23/h4,6,8,12,15-16H,5,7,9-11,13H2,1-3H3,(H2,20,23). The molecular formula is C19H29N3O3. The highest BCUT2D eigenvalue weighted by Gasteiger charge is 2.30. The SMILES string of the molecule is Cc1cccc(OCCN(C)C(C)C(=O)N2CCCC(C(N)=O)C2)c1. The zero-order valence-corrected chi connectivity index (χ0v) is 15.4. The van der Waals surface area contributed by atoms with Gasteiger partial charge in [-0.2, -0.15) is 0 Å². The molecule has 2 atom stereocenters. The van der Waals surface area contributed by atoms with Crippen LogP contribution >= 0.6 is 0 Å². The van der Waals surface area contributed by atoms with E-state index in [1.54, 1.807) is 4.90 Å². The molecule has 0 bridgehead atoms. The van der Waals surface area contributed by atoms with Crippen LogP contribution in [0, 0.1) is 12.8 Å². The van der Waals surface area contributed by atoms with E-state index in [4.69, 9.17) is 10.5 Å². The molecule has 0 radical (unpaired) electrons. The topological polar surface area (TPSA) is 75.9 Å². The lowest BCUT2D eigenvalue weighted by atomic mass is 9.97. The van der Waals surface area contributed by atoms with Gasteiger partial charge < -0.3 is 15.4 Å². The number of nitrogens with two attached hydrogens (primary N) is 1. The number of carbonyl (C=O) groups excluding carboxylic acids is 2. The average Bonchev–Trinajstić information content (AvgIpc) is 2.60. The number of rotatable bonds is 7. The molecule has 2 N–H and O–H groups in total. The maximum Gasteiger partial charge on any atom is 0.239 e. The van der Waals surface area contributed by atoms with Gasteiger partial charge in [0.2, 0.25) is 11.8 Å². The predicted octanol–water partition coefficient (Wildman–Crippen LogP) is 1.42. The molecule has 1 aromatic rings. The second-order valence-corrected chi connectivity index (χ2v) is 6.85. The molecule has 0 saturated carbocycles. The molecule has 1 aliphatic heterocycles. The van der Waals surface area contributed by atoms with Crippen molar-refractivity contribution in [3.8, 4) is 5.75 Å². The number of primary amides is 1. The van der Waals surface area contributed by atoms with Gasteiger partial charge in [-0.1, -0.05) is 12.1 Å². The fourth-order valence-electron chi connectivity index (χ4n) is 3.07. The number of aryl methyl sites for hydroxylation is 1. The Labute approximate surface area is 149 Å². The molecule has 25 heavy (non-hydrogen) atoms. The highest BCUT2D eigenvalue weighted by Crippen LogP contribution is 2.18. The zero-order valence-electron chi connectivity index (χ0n) is 15.4. The van der Waals surface area contributed by atoms with Gasteiger partial charge in [0, 0.05) is 19.6 Å². The summed E-state index contributed by atoms with van der Waals surface area (Å²) in [4.78, 5) is 27.8. The van der Waals surface area contributed by atoms with Gasteiger partial charge >= 0.3 is 0 Å². The number of hydrogen-bond donors (Lipinski definition) is 1. The number of ether oxygens (including phenoxy) is 1. The third-order valence-electron chi connectivity index (χ3n) is 4.86. The van der Waals surface area contributed by atoms with Gasteiger partial charge in [-0.25, -0.2) is 0 Å². The fraction of sp³-hybridized carbons (Fsp3) is 0.579. The summed E-state index contributed by atoms with van der Waals surface area (Å²) in [6, 6.07) is 7.66. The van der Waals surface area contributed by atoms with Crippen LogP contribution in [0.2, 0.25) is 0 Å². The van der Waals surface area contributed by atoms with Crippen molar-refractivity contribution in [2.75, 3.05) is 33.3 Å². The first-order chi connectivity index (χ1) is 11.9. The zero-order chi connectivity index (χ0) is 18.4. The van der Waals surface area contributed by atoms with E-state index in [1.165, 1.54) is 0 Å². The van der Waals surface area contributed by atoms with Crippen molar-refractivity contribution in [2.24, 2.45) is 11.7 Å². The Hall–Kier alpha value is -2.08. The Morgan fingerprint density at radius 2 is 2.20 bits per heavy atom. The summed E-state index contributed by atoms with van der Waals surface area (Å²) in [6.45, 7) is 6.21. The van der Waals surface area contributed by atoms with Gasteiger partial charge in [-0.05, 0) is 51.4 Å². The minimum absolute atomic E-state index is 0.0454. The van der Waals surface area contributed by atoms with Gasteiger partial charge in [-0.15, -0.1) is 0 Å². The summed E-state index contributed by atoms with van der Waals surface area (Å²) in [7, 11) is 1.91. The average molecular weight is 347 g/mol. The number of nitrogens with zero attached hydrogens (tertiary/aromatic N) is 2. The Morgan fingerprint density at radius 3 is 2.88 bits per heavy atom. The maximum atomic E-state index is 12.7. The van der Waals surface area contributed by atoms with Crippen molar-refractivity contribution in [1.29, 1.82) is 0 Å². The van der Waals surface area contributed by atoms with Crippen molar-refractivity contribution in [3.63, 3.8) is 0 Å². The molecule has 0 aromatic heterocycles. The monoisotopic (exact) mass is 347 g/mol. The lowest BCUT2D eigenvalue weighted by molar-refractivity contribution is -0.139. The second-order valence-electron chi connectivity index (χ2n) is 6.85. The van der Waals surface area contributed by atoms with Crippen molar-refractivity contribution >= 4 is 11.8 Å². The first-order valence-corrected chi connectivity index (χ1v) is 8.86. The van der Waals surface area contributed by atoms with Gasteiger partial charge in [0.25, 0.3) is 0 Å². The first kappa shape index (κ1) is 19.2. The first-order valence-electron chi connectivity index (χ1n) is 8.86. The lowest BCUT2D eigenvalue weighted by Crippen LogP contribution is -2.51. The Balaban J connectivity index is 1.81. The molecule has 138 valence electrons. The summed E-state index contributed by atoms with van der Waals surface area (Å²) < 4.78 is 5.75. The van der Waals surface area contributed by atoms with Crippen molar-refractivity contribution < 1.29 is 14.3 Å². The van der Waals surface area contributed by atoms with Crippen LogP contribution in [0.1, 0.15) is 25.3 Å². The van der Waals surface area contributed by atoms with Crippen molar-refractivity contribution in [3.05, 3.63) is 29.8 Å². The van der Waals surface area contributed by atoms with E-state index >= 15 is 0 Å². The Morgan fingerprint density at radius 1 is 1.44 bits per heavy atom. The number of likely N-dealkylation sites (N-methyl/N-ethyl adjacent to an activating group) is 1. The van der Waals surface area contributed by atoms with E-state index in [1.807, 2.05) is 50.1 Å². The summed E-state index contributed by atoms with van der Waals surface area (Å²) in [5.41, 5.74) is 6.55. The molecule has 6 heteroatoms. The summed E-state index contributed by atoms with van der Waals surface area (Å²) in [5, 5.41) is 0. The minimum atomic E-state index is -0.315. The van der Waals surface area contributed by atoms with Gasteiger partial charge in [-0.3, -0.25) is 14.5 Å². The van der Waals surface area contributed by atoms with E-state index in [2.05, 4.69) is 0 Å². The lowest BCUT2D eigenvalue weighted by Gasteiger charge is -2.35. The van der Waals surface area contributed by atoms with Crippen molar-refractivity contribution in [2.45, 2.75) is 32.7 Å². The van der Waals surface area contributed by atoms with E-state index in [0.29, 0.717) is 26.2 Å². The van der Waals surface area contributed by atoms with Crippen LogP contribution in [-0.2, 0) is 9.59 Å². The summed E-state index contributed by atoms with van der Waals surface area (Å²) in [5.74, 6) is 0.349. The molecule has 0 aliphatic carbocycles. The Bertz CT molecular complexity index is 605. The molecule has 2 unspecified atom stereocenters. The second kappa shape index (κ2) is 8.85. The quantitative estimate of drug-likeness (QED) is 0.809. The van der Waals surface area contributed by atoms with E-state index in [0.717, 1.165) is 24.2 Å². The van der Waals surface area contributed by atoms with Gasteiger partial charge in [0.1, 0.15) is 12.4 Å². The molecule has 1 heterocycles. The molecule has 2 rings (SSSR count). The highest BCUT2D eigenvalue weighted by atomic mass is 16.5. The number of piperidine rings is 1. The molecule has 1 fully saturated rings. The Kier molecular flexibility index (Phi) is 6.82. The largest absolute Gasteiger partial charge is 0.492 e. The number of benzene rings is 1. The van der Waals surface area contributed by atoms with E-state index < -0.39 is 0 Å². The molecule has 2 amide bonds. The van der Waals surface area contributed by atoms with Crippen LogP contribution in [0.3, 0.4) is 0 Å². The molecule has 1 saturated heterocycles. The van der Waals surface area contributed by atoms with Gasteiger partial charge in [0.15, 0.2) is 0 Å². The van der Waals surface area contributed by atoms with Crippen LogP contribution in [0.4, 0.5) is 0 Å². The molecule has 6 nitrogen and oxygen atoms in total. The number of hydrogen-bond acceptors (Lipinski definition) is 4. The highest BCUT2D eigenvalue weighted by molar-refractivity contribution is 5.83. The molecular weight excluding hydrogens is 318 g/mol. The normalized spacial score (nSPS) is 18.9. The third-order valence-corrected chi connectivity index (χ3v) is 4.86. The van der Waals surface area contributed by atoms with Crippen molar-refractivity contribution in [1.82, 2.24) is 9.80 Å². The molecule has 0 spiro atoms. The summed E-state index contributed by atoms with van der Waals surface area (Å²) >= 11 is 0. The number of amides is 2. The number of carbonyl (C=O) groups is 2. The van der Waals surface area contributed by atoms with Gasteiger partial charge in [0.05, 0.1) is 12.0 Å². The predicted molar refractivity (Wildman–Crippen MR) is 97.3 cm³/mol. The smallest absolute Gasteiger partial charge is 0.239 e. The van der Waals surface area contributed by atoms with Crippen LogP contribution < -0.4 is 10.5 Å². The maximum absolute atomic E-state index is 12.7. The van der Waals surface area contributed by atoms with E-state index in [-0.39, 0.29) is 23.8 Å². The molecule has 1 aromatic carbocycles. The molecule has 1 aliphatic rings. The van der Waals surface area contributed by atoms with E-state index in [9.17, 15) is 9.59 Å². The van der Waals surface area contributed by atoms with Crippen LogP contribution in [0.15, 0.2) is 24.3 Å². The van der Waals surface area contributed by atoms with Crippen LogP contribution in [0.25, 0.3) is 0 Å². The summed E-state index contributed by atoms with van der Waals surface area (Å²) in [6.07, 6.45) is 1.60. The fourth-order valence-corrected chi connectivity index (χ4v) is 3.07.